The first-order valence-electron chi connectivity index (χ1n) is 9.28. The van der Waals surface area contributed by atoms with Gasteiger partial charge in [-0.1, -0.05) is 72.8 Å². The van der Waals surface area contributed by atoms with Crippen molar-refractivity contribution in [1.82, 2.24) is 10.2 Å². The number of amides is 1. The van der Waals surface area contributed by atoms with Gasteiger partial charge in [-0.15, -0.1) is 0 Å². The Bertz CT molecular complexity index is 832. The zero-order valence-electron chi connectivity index (χ0n) is 14.8. The quantitative estimate of drug-likeness (QED) is 0.899. The summed E-state index contributed by atoms with van der Waals surface area (Å²) in [7, 11) is 0. The van der Waals surface area contributed by atoms with Gasteiger partial charge in [-0.25, -0.2) is 0 Å². The van der Waals surface area contributed by atoms with Gasteiger partial charge in [-0.05, 0) is 23.1 Å². The fourth-order valence-electron chi connectivity index (χ4n) is 4.09. The van der Waals surface area contributed by atoms with Gasteiger partial charge in [0.2, 0.25) is 0 Å². The predicted octanol–water partition coefficient (Wildman–Crippen LogP) is 3.77. The van der Waals surface area contributed by atoms with Crippen LogP contribution in [0.3, 0.4) is 0 Å². The van der Waals surface area contributed by atoms with Gasteiger partial charge in [0, 0.05) is 37.7 Å². The smallest absolute Gasteiger partial charge is 0.251 e. The second kappa shape index (κ2) is 7.71. The molecular formula is C23H24N2O. The van der Waals surface area contributed by atoms with Gasteiger partial charge >= 0.3 is 0 Å². The molecule has 132 valence electrons. The normalized spacial score (nSPS) is 21.8. The lowest BCUT2D eigenvalue weighted by atomic mass is 9.88. The minimum atomic E-state index is 0.0443. The van der Waals surface area contributed by atoms with E-state index in [0.29, 0.717) is 11.8 Å². The highest BCUT2D eigenvalue weighted by molar-refractivity contribution is 5.96. The van der Waals surface area contributed by atoms with Gasteiger partial charge in [-0.3, -0.25) is 9.69 Å². The van der Waals surface area contributed by atoms with Crippen LogP contribution in [0.2, 0.25) is 0 Å². The summed E-state index contributed by atoms with van der Waals surface area (Å²) in [5.41, 5.74) is 3.31. The molecule has 3 nitrogen and oxygen atoms in total. The van der Waals surface area contributed by atoms with Crippen LogP contribution in [0.5, 0.6) is 0 Å². The Labute approximate surface area is 155 Å². The van der Waals surface area contributed by atoms with Crippen molar-refractivity contribution in [3.63, 3.8) is 0 Å². The lowest BCUT2D eigenvalue weighted by molar-refractivity contribution is 0.0951. The second-order valence-corrected chi connectivity index (χ2v) is 7.11. The summed E-state index contributed by atoms with van der Waals surface area (Å²) in [5.74, 6) is 0.879. The summed E-state index contributed by atoms with van der Waals surface area (Å²) in [4.78, 5) is 15.1. The Morgan fingerprint density at radius 1 is 0.846 bits per heavy atom. The minimum Gasteiger partial charge on any atom is -0.352 e. The number of hydrogen-bond donors (Lipinski definition) is 1. The summed E-state index contributed by atoms with van der Waals surface area (Å²) in [6.45, 7) is 3.72. The molecule has 1 amide bonds. The molecule has 4 rings (SSSR count). The molecule has 2 atom stereocenters. The van der Waals surface area contributed by atoms with Crippen molar-refractivity contribution in [2.45, 2.75) is 12.5 Å². The van der Waals surface area contributed by atoms with Crippen molar-refractivity contribution in [3.8, 4) is 0 Å². The lowest BCUT2D eigenvalue weighted by Crippen LogP contribution is -2.29. The number of carbonyl (C=O) groups is 1. The maximum atomic E-state index is 12.6. The van der Waals surface area contributed by atoms with E-state index < -0.39 is 0 Å². The third kappa shape index (κ3) is 3.63. The van der Waals surface area contributed by atoms with Crippen LogP contribution < -0.4 is 5.32 Å². The summed E-state index contributed by atoms with van der Waals surface area (Å²) in [5, 5.41) is 3.13. The first-order valence-corrected chi connectivity index (χ1v) is 9.28. The second-order valence-electron chi connectivity index (χ2n) is 7.11. The molecule has 2 aromatic carbocycles. The number of rotatable bonds is 2. The van der Waals surface area contributed by atoms with E-state index in [9.17, 15) is 4.79 Å². The van der Waals surface area contributed by atoms with Gasteiger partial charge < -0.3 is 5.32 Å². The molecule has 1 N–H and O–H groups in total. The Morgan fingerprint density at radius 2 is 1.50 bits per heavy atom. The van der Waals surface area contributed by atoms with Crippen molar-refractivity contribution < 1.29 is 4.79 Å². The van der Waals surface area contributed by atoms with Crippen LogP contribution in [-0.4, -0.2) is 30.4 Å². The molecule has 0 saturated carbocycles. The van der Waals surface area contributed by atoms with Crippen LogP contribution in [0.4, 0.5) is 0 Å². The standard InChI is InChI=1S/C23H24N2O/c26-23-21-13-9-4-2-1-3-8-12-20(21)22-17-25(16-19(22)14-24-23)15-18-10-6-5-7-11-18/h1-13,19,22H,14-17H2,(H,24,26). The van der Waals surface area contributed by atoms with Crippen LogP contribution in [0.1, 0.15) is 27.4 Å². The van der Waals surface area contributed by atoms with Crippen molar-refractivity contribution in [2.75, 3.05) is 19.6 Å². The zero-order valence-corrected chi connectivity index (χ0v) is 14.8. The molecule has 0 bridgehead atoms. The fraction of sp³-hybridized carbons (Fsp3) is 0.261. The Balaban J connectivity index is 1.67. The summed E-state index contributed by atoms with van der Waals surface area (Å²) in [6.07, 6.45) is 0. The van der Waals surface area contributed by atoms with Crippen molar-refractivity contribution >= 4 is 5.91 Å². The average Bonchev–Trinajstić information content (AvgIpc) is 3.01. The van der Waals surface area contributed by atoms with E-state index >= 15 is 0 Å². The van der Waals surface area contributed by atoms with E-state index in [2.05, 4.69) is 46.6 Å². The van der Waals surface area contributed by atoms with Gasteiger partial charge in [0.05, 0.1) is 0 Å². The van der Waals surface area contributed by atoms with Gasteiger partial charge in [0.15, 0.2) is 0 Å². The minimum absolute atomic E-state index is 0.0443. The number of likely N-dealkylation sites (tertiary alicyclic amines) is 1. The molecule has 0 radical (unpaired) electrons. The molecule has 3 heteroatoms. The van der Waals surface area contributed by atoms with E-state index in [-0.39, 0.29) is 5.91 Å². The van der Waals surface area contributed by atoms with Crippen LogP contribution in [0.25, 0.3) is 0 Å². The van der Waals surface area contributed by atoms with Gasteiger partial charge in [0.25, 0.3) is 5.91 Å². The van der Waals surface area contributed by atoms with Gasteiger partial charge in [0.1, 0.15) is 0 Å². The number of carbonyl (C=O) groups excluding carboxylic acids is 1. The van der Waals surface area contributed by atoms with E-state index in [4.69, 9.17) is 0 Å². The monoisotopic (exact) mass is 344 g/mol. The van der Waals surface area contributed by atoms with Crippen molar-refractivity contribution in [1.29, 1.82) is 0 Å². The summed E-state index contributed by atoms with van der Waals surface area (Å²) < 4.78 is 0. The molecule has 2 aliphatic heterocycles. The molecule has 0 aliphatic carbocycles. The maximum absolute atomic E-state index is 12.6. The average molecular weight is 344 g/mol. The molecule has 2 aliphatic rings. The first-order chi connectivity index (χ1) is 12.8. The Kier molecular flexibility index (Phi) is 4.98. The molecular weight excluding hydrogens is 320 g/mol. The SMILES string of the molecule is O=C1NCC2CN(Cc3ccccc3)CC2c2ccccccccc21. The third-order valence-electron chi connectivity index (χ3n) is 5.34. The number of nitrogens with one attached hydrogen (secondary N) is 1. The predicted molar refractivity (Wildman–Crippen MR) is 104 cm³/mol. The van der Waals surface area contributed by atoms with Crippen LogP contribution in [0.15, 0.2) is 78.9 Å². The van der Waals surface area contributed by atoms with Crippen LogP contribution in [-0.2, 0) is 6.54 Å². The molecule has 2 aromatic rings. The Morgan fingerprint density at radius 3 is 2.31 bits per heavy atom. The number of hydrogen-bond acceptors (Lipinski definition) is 2. The van der Waals surface area contributed by atoms with Crippen LogP contribution in [0, 0.1) is 5.92 Å². The first kappa shape index (κ1) is 16.8. The number of benzene rings is 1. The number of nitrogens with zero attached hydrogens (tertiary/aromatic N) is 1. The molecule has 0 spiro atoms. The maximum Gasteiger partial charge on any atom is 0.251 e. The lowest BCUT2D eigenvalue weighted by Gasteiger charge is -2.17. The molecule has 2 unspecified atom stereocenters. The van der Waals surface area contributed by atoms with E-state index in [1.54, 1.807) is 0 Å². The van der Waals surface area contributed by atoms with Crippen molar-refractivity contribution in [3.05, 3.63) is 95.6 Å². The van der Waals surface area contributed by atoms with Crippen molar-refractivity contribution in [2.24, 2.45) is 5.92 Å². The number of fused-ring (bicyclic) bond motifs is 3. The summed E-state index contributed by atoms with van der Waals surface area (Å²) >= 11 is 0. The largest absolute Gasteiger partial charge is 0.352 e. The zero-order chi connectivity index (χ0) is 17.8. The Hall–Kier alpha value is -2.65. The van der Waals surface area contributed by atoms with E-state index in [1.807, 2.05) is 42.5 Å². The van der Waals surface area contributed by atoms with E-state index in [0.717, 1.165) is 37.3 Å². The van der Waals surface area contributed by atoms with E-state index in [1.165, 1.54) is 5.56 Å². The topological polar surface area (TPSA) is 32.3 Å². The molecule has 2 heterocycles. The summed E-state index contributed by atoms with van der Waals surface area (Å²) in [6, 6.07) is 26.7. The third-order valence-corrected chi connectivity index (χ3v) is 5.34. The van der Waals surface area contributed by atoms with Gasteiger partial charge in [-0.2, -0.15) is 0 Å². The molecule has 26 heavy (non-hydrogen) atoms. The van der Waals surface area contributed by atoms with Crippen LogP contribution >= 0.6 is 0 Å². The molecule has 1 fully saturated rings. The highest BCUT2D eigenvalue weighted by Crippen LogP contribution is 2.36. The molecule has 1 saturated heterocycles. The highest BCUT2D eigenvalue weighted by atomic mass is 16.1. The highest BCUT2D eigenvalue weighted by Gasteiger charge is 2.37. The fourth-order valence-corrected chi connectivity index (χ4v) is 4.09. The molecule has 0 aromatic heterocycles.